The molecule has 1 N–H and O–H groups in total. The molecule has 0 radical (unpaired) electrons. The number of carbonyl (C=O) groups is 1. The molecule has 0 spiro atoms. The Balaban J connectivity index is 2.33. The highest BCUT2D eigenvalue weighted by Gasteiger charge is 2.52. The summed E-state index contributed by atoms with van der Waals surface area (Å²) >= 11 is 0. The number of nitriles is 1. The number of pyridine rings is 1. The Kier molecular flexibility index (Phi) is 5.12. The molecule has 6 nitrogen and oxygen atoms in total. The molecule has 0 atom stereocenters. The van der Waals surface area contributed by atoms with E-state index in [2.05, 4.69) is 16.4 Å². The molecule has 0 bridgehead atoms. The molecule has 2 rings (SSSR count). The molecule has 7 heteroatoms. The second kappa shape index (κ2) is 6.75. The molecule has 0 unspecified atom stereocenters. The minimum absolute atomic E-state index is 0.142. The van der Waals surface area contributed by atoms with Gasteiger partial charge in [0.1, 0.15) is 0 Å². The van der Waals surface area contributed by atoms with Gasteiger partial charge in [-0.2, -0.15) is 5.26 Å². The number of aromatic nitrogens is 1. The number of nitrogens with zero attached hydrogens (tertiary/aromatic N) is 2. The van der Waals surface area contributed by atoms with Crippen LogP contribution < -0.4 is 5.32 Å². The van der Waals surface area contributed by atoms with E-state index in [0.717, 1.165) is 5.47 Å². The molecule has 0 aliphatic carbocycles. The van der Waals surface area contributed by atoms with Crippen LogP contribution in [0.5, 0.6) is 0 Å². The van der Waals surface area contributed by atoms with Crippen molar-refractivity contribution in [2.75, 3.05) is 6.54 Å². The maximum atomic E-state index is 11.3. The molecule has 1 aromatic heterocycles. The second-order valence-corrected chi connectivity index (χ2v) is 6.80. The van der Waals surface area contributed by atoms with Gasteiger partial charge in [-0.1, -0.05) is 0 Å². The van der Waals surface area contributed by atoms with Gasteiger partial charge in [0.25, 0.3) is 0 Å². The Labute approximate surface area is 143 Å². The third-order valence-electron chi connectivity index (χ3n) is 4.34. The smallest absolute Gasteiger partial charge is 0.400 e. The van der Waals surface area contributed by atoms with Gasteiger partial charge in [0, 0.05) is 19.7 Å². The first-order valence-electron chi connectivity index (χ1n) is 7.81. The highest BCUT2D eigenvalue weighted by Crippen LogP contribution is 2.38. The summed E-state index contributed by atoms with van der Waals surface area (Å²) in [6.07, 6.45) is 3.36. The van der Waals surface area contributed by atoms with E-state index in [-0.39, 0.29) is 12.5 Å². The van der Waals surface area contributed by atoms with Crippen molar-refractivity contribution in [1.82, 2.24) is 10.3 Å². The van der Waals surface area contributed by atoms with Crippen LogP contribution in [0, 0.1) is 11.3 Å². The third kappa shape index (κ3) is 4.02. The van der Waals surface area contributed by atoms with Crippen molar-refractivity contribution in [2.24, 2.45) is 0 Å². The predicted octanol–water partition coefficient (Wildman–Crippen LogP) is 2.10. The fourth-order valence-electron chi connectivity index (χ4n) is 2.21. The summed E-state index contributed by atoms with van der Waals surface area (Å²) < 4.78 is 12.1. The Hall–Kier alpha value is -2.17. The van der Waals surface area contributed by atoms with Gasteiger partial charge in [-0.3, -0.25) is 9.78 Å². The van der Waals surface area contributed by atoms with Crippen molar-refractivity contribution in [2.45, 2.75) is 45.8 Å². The Morgan fingerprint density at radius 3 is 2.54 bits per heavy atom. The van der Waals surface area contributed by atoms with E-state index in [1.807, 2.05) is 27.7 Å². The molecular weight excluding hydrogens is 305 g/mol. The fourth-order valence-corrected chi connectivity index (χ4v) is 2.21. The van der Waals surface area contributed by atoms with Gasteiger partial charge in [0.15, 0.2) is 0 Å². The molecule has 1 aromatic rings. The summed E-state index contributed by atoms with van der Waals surface area (Å²) in [5.41, 5.74) is 0.920. The van der Waals surface area contributed by atoms with E-state index in [9.17, 15) is 4.79 Å². The first-order chi connectivity index (χ1) is 11.1. The van der Waals surface area contributed by atoms with Gasteiger partial charge in [-0.15, -0.1) is 0 Å². The standard InChI is InChI=1S/C17H22BN3O3/c1-12(22)21-11-14(9-15-8-13(10-19)6-7-20-15)18-23-16(2,3)17(4,5)24-18/h6-9H,11H2,1-5H3,(H,21,22). The number of carbonyl (C=O) groups excluding carboxylic acids is 1. The van der Waals surface area contributed by atoms with Gasteiger partial charge >= 0.3 is 7.12 Å². The van der Waals surface area contributed by atoms with Crippen LogP contribution in [0.4, 0.5) is 0 Å². The van der Waals surface area contributed by atoms with Crippen molar-refractivity contribution < 1.29 is 14.1 Å². The van der Waals surface area contributed by atoms with Crippen LogP contribution in [0.25, 0.3) is 6.08 Å². The Bertz CT molecular complexity index is 691. The maximum absolute atomic E-state index is 11.3. The molecule has 0 aromatic carbocycles. The number of rotatable bonds is 4. The molecule has 2 heterocycles. The van der Waals surface area contributed by atoms with Crippen molar-refractivity contribution in [3.63, 3.8) is 0 Å². The number of amides is 1. The monoisotopic (exact) mass is 327 g/mol. The fraction of sp³-hybridized carbons (Fsp3) is 0.471. The lowest BCUT2D eigenvalue weighted by molar-refractivity contribution is -0.118. The molecule has 1 saturated heterocycles. The lowest BCUT2D eigenvalue weighted by Crippen LogP contribution is -2.41. The quantitative estimate of drug-likeness (QED) is 0.856. The number of nitrogens with one attached hydrogen (secondary N) is 1. The van der Waals surface area contributed by atoms with Gasteiger partial charge in [-0.05, 0) is 51.4 Å². The average molecular weight is 327 g/mol. The zero-order chi connectivity index (χ0) is 18.0. The largest absolute Gasteiger partial charge is 0.492 e. The van der Waals surface area contributed by atoms with Gasteiger partial charge < -0.3 is 14.6 Å². The highest BCUT2D eigenvalue weighted by atomic mass is 16.7. The van der Waals surface area contributed by atoms with Crippen LogP contribution in [0.3, 0.4) is 0 Å². The molecule has 0 saturated carbocycles. The van der Waals surface area contributed by atoms with E-state index in [1.165, 1.54) is 6.92 Å². The van der Waals surface area contributed by atoms with Crippen molar-refractivity contribution in [3.05, 3.63) is 35.1 Å². The second-order valence-electron chi connectivity index (χ2n) is 6.80. The number of hydrogen-bond donors (Lipinski definition) is 1. The van der Waals surface area contributed by atoms with Crippen LogP contribution in [0.1, 0.15) is 45.9 Å². The van der Waals surface area contributed by atoms with E-state index in [0.29, 0.717) is 11.3 Å². The van der Waals surface area contributed by atoms with Crippen LogP contribution in [-0.4, -0.2) is 35.8 Å². The molecule has 1 fully saturated rings. The van der Waals surface area contributed by atoms with Crippen LogP contribution in [0.2, 0.25) is 0 Å². The van der Waals surface area contributed by atoms with Crippen molar-refractivity contribution in [1.29, 1.82) is 5.26 Å². The van der Waals surface area contributed by atoms with E-state index in [4.69, 9.17) is 14.6 Å². The van der Waals surface area contributed by atoms with E-state index >= 15 is 0 Å². The maximum Gasteiger partial charge on any atom is 0.492 e. The predicted molar refractivity (Wildman–Crippen MR) is 91.7 cm³/mol. The highest BCUT2D eigenvalue weighted by molar-refractivity contribution is 6.56. The Morgan fingerprint density at radius 2 is 2.00 bits per heavy atom. The first-order valence-corrected chi connectivity index (χ1v) is 7.81. The normalized spacial score (nSPS) is 19.0. The topological polar surface area (TPSA) is 84.2 Å². The molecule has 1 amide bonds. The van der Waals surface area contributed by atoms with Gasteiger partial charge in [-0.25, -0.2) is 0 Å². The first kappa shape index (κ1) is 18.2. The summed E-state index contributed by atoms with van der Waals surface area (Å²) in [6, 6.07) is 5.40. The summed E-state index contributed by atoms with van der Waals surface area (Å²) in [6.45, 7) is 9.62. The summed E-state index contributed by atoms with van der Waals surface area (Å²) in [4.78, 5) is 15.5. The average Bonchev–Trinajstić information content (AvgIpc) is 2.71. The van der Waals surface area contributed by atoms with Gasteiger partial charge in [0.2, 0.25) is 5.91 Å². The molecule has 1 aliphatic rings. The van der Waals surface area contributed by atoms with Crippen LogP contribution >= 0.6 is 0 Å². The summed E-state index contributed by atoms with van der Waals surface area (Å²) in [5.74, 6) is -0.142. The summed E-state index contributed by atoms with van der Waals surface area (Å²) in [5, 5.41) is 11.8. The van der Waals surface area contributed by atoms with E-state index < -0.39 is 18.3 Å². The molecular formula is C17H22BN3O3. The summed E-state index contributed by atoms with van der Waals surface area (Å²) in [7, 11) is -0.589. The third-order valence-corrected chi connectivity index (χ3v) is 4.34. The Morgan fingerprint density at radius 1 is 1.38 bits per heavy atom. The van der Waals surface area contributed by atoms with E-state index in [1.54, 1.807) is 24.4 Å². The molecule has 1 aliphatic heterocycles. The lowest BCUT2D eigenvalue weighted by atomic mass is 9.77. The van der Waals surface area contributed by atoms with Crippen LogP contribution in [0.15, 0.2) is 23.8 Å². The zero-order valence-corrected chi connectivity index (χ0v) is 14.7. The number of hydrogen-bond acceptors (Lipinski definition) is 5. The van der Waals surface area contributed by atoms with Crippen molar-refractivity contribution >= 4 is 19.1 Å². The van der Waals surface area contributed by atoms with Crippen molar-refractivity contribution in [3.8, 4) is 6.07 Å². The minimum atomic E-state index is -0.589. The lowest BCUT2D eigenvalue weighted by Gasteiger charge is -2.32. The van der Waals surface area contributed by atoms with Gasteiger partial charge in [0.05, 0.1) is 28.5 Å². The zero-order valence-electron chi connectivity index (χ0n) is 14.7. The minimum Gasteiger partial charge on any atom is -0.400 e. The molecule has 126 valence electrons. The SMILES string of the molecule is CC(=O)NCC(=Cc1cc(C#N)ccn1)B1OC(C)(C)C(C)(C)O1. The molecule has 24 heavy (non-hydrogen) atoms. The van der Waals surface area contributed by atoms with Crippen LogP contribution in [-0.2, 0) is 14.1 Å².